The number of allylic oxidation sites excluding steroid dienone is 1. The van der Waals surface area contributed by atoms with Gasteiger partial charge in [0.2, 0.25) is 0 Å². The van der Waals surface area contributed by atoms with Crippen molar-refractivity contribution in [1.29, 1.82) is 0 Å². The van der Waals surface area contributed by atoms with E-state index in [1.165, 1.54) is 13.5 Å². The largest absolute Gasteiger partial charge is 0.478 e. The molecule has 0 aromatic heterocycles. The van der Waals surface area contributed by atoms with Crippen LogP contribution in [0.25, 0.3) is 0 Å². The zero-order valence-corrected chi connectivity index (χ0v) is 13.1. The molecule has 0 aromatic carbocycles. The van der Waals surface area contributed by atoms with Crippen LogP contribution in [0.5, 0.6) is 0 Å². The molecule has 0 spiro atoms. The predicted octanol–water partition coefficient (Wildman–Crippen LogP) is 3.17. The molecule has 116 valence electrons. The smallest absolute Gasteiger partial charge is 0.331 e. The lowest BCUT2D eigenvalue weighted by atomic mass is 9.42. The molecule has 0 aliphatic heterocycles. The van der Waals surface area contributed by atoms with Gasteiger partial charge in [-0.05, 0) is 69.6 Å². The molecule has 2 atom stereocenters. The van der Waals surface area contributed by atoms with Crippen LogP contribution >= 0.6 is 0 Å². The van der Waals surface area contributed by atoms with Crippen molar-refractivity contribution in [2.75, 3.05) is 7.11 Å². The molecule has 0 radical (unpaired) electrons. The molecule has 0 saturated heterocycles. The Kier molecular flexibility index (Phi) is 3.19. The van der Waals surface area contributed by atoms with Gasteiger partial charge in [0.25, 0.3) is 0 Å². The molecule has 4 fully saturated rings. The van der Waals surface area contributed by atoms with E-state index < -0.39 is 5.97 Å². The highest BCUT2D eigenvalue weighted by atomic mass is 16.5. The molecule has 4 aliphatic carbocycles. The monoisotopic (exact) mass is 292 g/mol. The Balaban J connectivity index is 2.03. The SMILES string of the molecule is COC(=O)C12CC3CC(C1)CC(C(C)=C(C)C(=O)O)(C3)C2. The van der Waals surface area contributed by atoms with Gasteiger partial charge in [0.05, 0.1) is 12.5 Å². The van der Waals surface area contributed by atoms with Crippen LogP contribution in [0.1, 0.15) is 52.4 Å². The van der Waals surface area contributed by atoms with Gasteiger partial charge in [-0.1, -0.05) is 5.57 Å². The Hall–Kier alpha value is -1.32. The van der Waals surface area contributed by atoms with Gasteiger partial charge in [-0.3, -0.25) is 4.79 Å². The molecular formula is C17H24O4. The third kappa shape index (κ3) is 2.02. The number of carboxylic acid groups (broad SMARTS) is 1. The number of carbonyl (C=O) groups excluding carboxylic acids is 1. The first-order valence-electron chi connectivity index (χ1n) is 7.82. The maximum Gasteiger partial charge on any atom is 0.331 e. The first kappa shape index (κ1) is 14.6. The molecule has 4 saturated carbocycles. The zero-order chi connectivity index (χ0) is 15.4. The molecular weight excluding hydrogens is 268 g/mol. The molecule has 4 heteroatoms. The summed E-state index contributed by atoms with van der Waals surface area (Å²) >= 11 is 0. The lowest BCUT2D eigenvalue weighted by molar-refractivity contribution is -0.174. The van der Waals surface area contributed by atoms with E-state index in [4.69, 9.17) is 4.74 Å². The minimum atomic E-state index is -0.838. The van der Waals surface area contributed by atoms with Crippen LogP contribution < -0.4 is 0 Å². The van der Waals surface area contributed by atoms with Crippen LogP contribution in [0.15, 0.2) is 11.1 Å². The zero-order valence-electron chi connectivity index (χ0n) is 13.1. The van der Waals surface area contributed by atoms with Crippen molar-refractivity contribution in [3.05, 3.63) is 11.1 Å². The second-order valence-corrected chi connectivity index (χ2v) is 7.57. The van der Waals surface area contributed by atoms with E-state index in [0.29, 0.717) is 17.4 Å². The van der Waals surface area contributed by atoms with Crippen LogP contribution in [-0.4, -0.2) is 24.2 Å². The summed E-state index contributed by atoms with van der Waals surface area (Å²) in [5.74, 6) is 0.168. The molecule has 4 nitrogen and oxygen atoms in total. The molecule has 0 amide bonds. The second-order valence-electron chi connectivity index (χ2n) is 7.57. The Bertz CT molecular complexity index is 517. The summed E-state index contributed by atoms with van der Waals surface area (Å²) in [7, 11) is 1.47. The number of carboxylic acids is 1. The molecule has 4 aliphatic rings. The molecule has 4 rings (SSSR count). The normalized spacial score (nSPS) is 41.7. The van der Waals surface area contributed by atoms with Gasteiger partial charge in [0, 0.05) is 5.57 Å². The maximum atomic E-state index is 12.4. The average Bonchev–Trinajstić information content (AvgIpc) is 2.43. The topological polar surface area (TPSA) is 63.6 Å². The minimum absolute atomic E-state index is 0.0817. The van der Waals surface area contributed by atoms with Crippen LogP contribution in [-0.2, 0) is 14.3 Å². The second kappa shape index (κ2) is 4.59. The number of esters is 1. The van der Waals surface area contributed by atoms with E-state index in [9.17, 15) is 14.7 Å². The number of aliphatic carboxylic acids is 1. The van der Waals surface area contributed by atoms with Crippen molar-refractivity contribution < 1.29 is 19.4 Å². The van der Waals surface area contributed by atoms with Gasteiger partial charge in [0.1, 0.15) is 0 Å². The minimum Gasteiger partial charge on any atom is -0.478 e. The molecule has 2 unspecified atom stereocenters. The summed E-state index contributed by atoms with van der Waals surface area (Å²) in [4.78, 5) is 23.7. The molecule has 4 bridgehead atoms. The summed E-state index contributed by atoms with van der Waals surface area (Å²) in [6, 6.07) is 0. The summed E-state index contributed by atoms with van der Waals surface area (Å²) in [5.41, 5.74) is 0.981. The molecule has 0 heterocycles. The van der Waals surface area contributed by atoms with Gasteiger partial charge in [-0.15, -0.1) is 0 Å². The van der Waals surface area contributed by atoms with Crippen LogP contribution in [0.3, 0.4) is 0 Å². The number of hydrogen-bond donors (Lipinski definition) is 1. The van der Waals surface area contributed by atoms with Crippen molar-refractivity contribution >= 4 is 11.9 Å². The molecule has 21 heavy (non-hydrogen) atoms. The highest BCUT2D eigenvalue weighted by molar-refractivity contribution is 5.87. The van der Waals surface area contributed by atoms with Gasteiger partial charge in [0.15, 0.2) is 0 Å². The first-order chi connectivity index (χ1) is 9.82. The summed E-state index contributed by atoms with van der Waals surface area (Å²) in [6.07, 6.45) is 5.90. The Labute approximate surface area is 125 Å². The van der Waals surface area contributed by atoms with Crippen LogP contribution in [0.2, 0.25) is 0 Å². The maximum absolute atomic E-state index is 12.4. The quantitative estimate of drug-likeness (QED) is 0.641. The fraction of sp³-hybridized carbons (Fsp3) is 0.765. The number of ether oxygens (including phenoxy) is 1. The van der Waals surface area contributed by atoms with Crippen molar-refractivity contribution in [1.82, 2.24) is 0 Å². The van der Waals surface area contributed by atoms with E-state index in [-0.39, 0.29) is 16.8 Å². The van der Waals surface area contributed by atoms with E-state index in [0.717, 1.165) is 37.7 Å². The average molecular weight is 292 g/mol. The van der Waals surface area contributed by atoms with Crippen molar-refractivity contribution in [2.45, 2.75) is 52.4 Å². The summed E-state index contributed by atoms with van der Waals surface area (Å²) in [5, 5.41) is 9.32. The predicted molar refractivity (Wildman–Crippen MR) is 77.6 cm³/mol. The lowest BCUT2D eigenvalue weighted by Crippen LogP contribution is -2.55. The van der Waals surface area contributed by atoms with Gasteiger partial charge in [-0.25, -0.2) is 4.79 Å². The molecule has 1 N–H and O–H groups in total. The first-order valence-corrected chi connectivity index (χ1v) is 7.82. The van der Waals surface area contributed by atoms with Gasteiger partial charge in [-0.2, -0.15) is 0 Å². The van der Waals surface area contributed by atoms with Crippen molar-refractivity contribution in [3.63, 3.8) is 0 Å². The van der Waals surface area contributed by atoms with Crippen molar-refractivity contribution in [2.24, 2.45) is 22.7 Å². The number of hydrogen-bond acceptors (Lipinski definition) is 3. The third-order valence-corrected chi connectivity index (χ3v) is 6.36. The van der Waals surface area contributed by atoms with Crippen LogP contribution in [0, 0.1) is 22.7 Å². The third-order valence-electron chi connectivity index (χ3n) is 6.36. The van der Waals surface area contributed by atoms with E-state index in [2.05, 4.69) is 0 Å². The number of methoxy groups -OCH3 is 1. The lowest BCUT2D eigenvalue weighted by Gasteiger charge is -2.61. The van der Waals surface area contributed by atoms with Gasteiger partial charge < -0.3 is 9.84 Å². The Morgan fingerprint density at radius 2 is 1.57 bits per heavy atom. The highest BCUT2D eigenvalue weighted by Crippen LogP contribution is 2.67. The fourth-order valence-electron chi connectivity index (χ4n) is 5.71. The summed E-state index contributed by atoms with van der Waals surface area (Å²) in [6.45, 7) is 3.66. The molecule has 0 aromatic rings. The Morgan fingerprint density at radius 1 is 1.05 bits per heavy atom. The van der Waals surface area contributed by atoms with E-state index in [1.54, 1.807) is 6.92 Å². The number of rotatable bonds is 3. The number of carbonyl (C=O) groups is 2. The standard InChI is InChI=1S/C17H24O4/c1-10(14(18)19)11(2)16-5-12-4-13(6-16)8-17(7-12,9-16)15(20)21-3/h12-13H,4-9H2,1-3H3,(H,18,19). The highest BCUT2D eigenvalue weighted by Gasteiger charge is 2.61. The fourth-order valence-corrected chi connectivity index (χ4v) is 5.71. The summed E-state index contributed by atoms with van der Waals surface area (Å²) < 4.78 is 5.10. The van der Waals surface area contributed by atoms with Gasteiger partial charge >= 0.3 is 11.9 Å². The van der Waals surface area contributed by atoms with E-state index >= 15 is 0 Å². The van der Waals surface area contributed by atoms with Crippen LogP contribution in [0.4, 0.5) is 0 Å². The van der Waals surface area contributed by atoms with Crippen molar-refractivity contribution in [3.8, 4) is 0 Å². The Morgan fingerprint density at radius 3 is 2.05 bits per heavy atom. The van der Waals surface area contributed by atoms with E-state index in [1.807, 2.05) is 6.92 Å².